The molecule has 0 radical (unpaired) electrons. The van der Waals surface area contributed by atoms with E-state index in [1.807, 2.05) is 7.05 Å². The number of methoxy groups -OCH3 is 1. The first-order chi connectivity index (χ1) is 7.85. The largest absolute Gasteiger partial charge is 0.384 e. The number of nitrogens with zero attached hydrogens (tertiary/aromatic N) is 2. The van der Waals surface area contributed by atoms with Crippen LogP contribution in [0, 0.1) is 0 Å². The van der Waals surface area contributed by atoms with Gasteiger partial charge in [0.25, 0.3) is 0 Å². The molecular weight excluding hydrogens is 206 g/mol. The number of hydrogen-bond donors (Lipinski definition) is 1. The Morgan fingerprint density at radius 2 is 2.31 bits per heavy atom. The van der Waals surface area contributed by atoms with E-state index < -0.39 is 0 Å². The predicted molar refractivity (Wildman–Crippen MR) is 60.5 cm³/mol. The fourth-order valence-corrected chi connectivity index (χ4v) is 1.79. The van der Waals surface area contributed by atoms with E-state index in [-0.39, 0.29) is 0 Å². The first-order valence-corrected chi connectivity index (χ1v) is 5.48. The lowest BCUT2D eigenvalue weighted by Crippen LogP contribution is -2.17. The highest BCUT2D eigenvalue weighted by Gasteiger charge is 2.17. The zero-order valence-corrected chi connectivity index (χ0v) is 9.75. The zero-order valence-electron chi connectivity index (χ0n) is 9.75. The summed E-state index contributed by atoms with van der Waals surface area (Å²) in [5.74, 6) is 1.72. The SMILES string of the molecule is CNc1nc(CCOC)nc2c1COCC2. The molecule has 5 nitrogen and oxygen atoms in total. The lowest BCUT2D eigenvalue weighted by atomic mass is 10.1. The Morgan fingerprint density at radius 3 is 3.06 bits per heavy atom. The van der Waals surface area contributed by atoms with E-state index in [0.29, 0.717) is 13.2 Å². The number of nitrogens with one attached hydrogen (secondary N) is 1. The molecule has 0 fully saturated rings. The van der Waals surface area contributed by atoms with E-state index in [9.17, 15) is 0 Å². The molecule has 2 heterocycles. The number of ether oxygens (including phenoxy) is 2. The molecule has 88 valence electrons. The molecule has 0 bridgehead atoms. The second-order valence-electron chi connectivity index (χ2n) is 3.71. The topological polar surface area (TPSA) is 56.3 Å². The number of fused-ring (bicyclic) bond motifs is 1. The number of aromatic nitrogens is 2. The lowest BCUT2D eigenvalue weighted by Gasteiger charge is -2.19. The van der Waals surface area contributed by atoms with Crippen LogP contribution in [0.15, 0.2) is 0 Å². The van der Waals surface area contributed by atoms with Crippen molar-refractivity contribution in [2.45, 2.75) is 19.4 Å². The Morgan fingerprint density at radius 1 is 1.44 bits per heavy atom. The van der Waals surface area contributed by atoms with E-state index in [1.54, 1.807) is 7.11 Å². The van der Waals surface area contributed by atoms with Gasteiger partial charge in [-0.05, 0) is 0 Å². The second kappa shape index (κ2) is 5.23. The molecule has 1 aliphatic heterocycles. The molecule has 0 unspecified atom stereocenters. The van der Waals surface area contributed by atoms with Crippen LogP contribution in [0.2, 0.25) is 0 Å². The molecular formula is C11H17N3O2. The summed E-state index contributed by atoms with van der Waals surface area (Å²) in [5, 5.41) is 3.10. The first kappa shape index (κ1) is 11.3. The minimum absolute atomic E-state index is 0.607. The highest BCUT2D eigenvalue weighted by molar-refractivity contribution is 5.46. The van der Waals surface area contributed by atoms with Crippen molar-refractivity contribution in [1.29, 1.82) is 0 Å². The van der Waals surface area contributed by atoms with Crippen LogP contribution in [0.1, 0.15) is 17.1 Å². The van der Waals surface area contributed by atoms with Gasteiger partial charge in [-0.3, -0.25) is 0 Å². The Labute approximate surface area is 95.2 Å². The van der Waals surface area contributed by atoms with E-state index >= 15 is 0 Å². The van der Waals surface area contributed by atoms with E-state index in [2.05, 4.69) is 15.3 Å². The molecule has 0 amide bonds. The van der Waals surface area contributed by atoms with Crippen LogP contribution in [0.3, 0.4) is 0 Å². The summed E-state index contributed by atoms with van der Waals surface area (Å²) in [4.78, 5) is 9.01. The molecule has 1 aliphatic rings. The normalized spacial score (nSPS) is 14.6. The van der Waals surface area contributed by atoms with Gasteiger partial charge in [-0.1, -0.05) is 0 Å². The summed E-state index contributed by atoms with van der Waals surface area (Å²) in [6.07, 6.45) is 1.62. The van der Waals surface area contributed by atoms with Gasteiger partial charge in [0.05, 0.1) is 25.5 Å². The van der Waals surface area contributed by atoms with Gasteiger partial charge < -0.3 is 14.8 Å². The molecule has 5 heteroatoms. The average molecular weight is 223 g/mol. The molecule has 16 heavy (non-hydrogen) atoms. The summed E-state index contributed by atoms with van der Waals surface area (Å²) in [6.45, 7) is 2.01. The fraction of sp³-hybridized carbons (Fsp3) is 0.636. The van der Waals surface area contributed by atoms with Crippen molar-refractivity contribution in [2.24, 2.45) is 0 Å². The quantitative estimate of drug-likeness (QED) is 0.817. The number of anilines is 1. The van der Waals surface area contributed by atoms with Crippen LogP contribution in [0.4, 0.5) is 5.82 Å². The van der Waals surface area contributed by atoms with E-state index in [1.165, 1.54) is 0 Å². The minimum Gasteiger partial charge on any atom is -0.384 e. The van der Waals surface area contributed by atoms with E-state index in [4.69, 9.17) is 9.47 Å². The standard InChI is InChI=1S/C11H17N3O2/c1-12-11-8-7-16-6-3-9(8)13-10(14-11)4-5-15-2/h3-7H2,1-2H3,(H,12,13,14). The molecule has 0 aliphatic carbocycles. The van der Waals surface area contributed by atoms with Gasteiger partial charge in [0, 0.05) is 32.6 Å². The molecule has 2 rings (SSSR count). The molecule has 1 aromatic heterocycles. The second-order valence-corrected chi connectivity index (χ2v) is 3.71. The minimum atomic E-state index is 0.607. The van der Waals surface area contributed by atoms with Crippen molar-refractivity contribution >= 4 is 5.82 Å². The van der Waals surface area contributed by atoms with E-state index in [0.717, 1.165) is 42.3 Å². The fourth-order valence-electron chi connectivity index (χ4n) is 1.79. The smallest absolute Gasteiger partial charge is 0.135 e. The van der Waals surface area contributed by atoms with Crippen molar-refractivity contribution in [1.82, 2.24) is 9.97 Å². The van der Waals surface area contributed by atoms with Crippen molar-refractivity contribution < 1.29 is 9.47 Å². The summed E-state index contributed by atoms with van der Waals surface area (Å²) in [5.41, 5.74) is 2.20. The van der Waals surface area contributed by atoms with Gasteiger partial charge in [-0.2, -0.15) is 0 Å². The first-order valence-electron chi connectivity index (χ1n) is 5.48. The van der Waals surface area contributed by atoms with Crippen LogP contribution in [-0.4, -0.2) is 37.3 Å². The van der Waals surface area contributed by atoms with Gasteiger partial charge in [-0.25, -0.2) is 9.97 Å². The maximum atomic E-state index is 5.41. The van der Waals surface area contributed by atoms with Crippen LogP contribution in [0.5, 0.6) is 0 Å². The summed E-state index contributed by atoms with van der Waals surface area (Å²) in [6, 6.07) is 0. The number of rotatable bonds is 4. The van der Waals surface area contributed by atoms with Crippen LogP contribution in [-0.2, 0) is 28.9 Å². The predicted octanol–water partition coefficient (Wildman–Crippen LogP) is 0.780. The third kappa shape index (κ3) is 2.31. The number of hydrogen-bond acceptors (Lipinski definition) is 5. The molecule has 0 aromatic carbocycles. The monoisotopic (exact) mass is 223 g/mol. The van der Waals surface area contributed by atoms with Crippen molar-refractivity contribution in [3.63, 3.8) is 0 Å². The highest BCUT2D eigenvalue weighted by Crippen LogP contribution is 2.21. The third-order valence-electron chi connectivity index (χ3n) is 2.64. The Kier molecular flexibility index (Phi) is 3.69. The van der Waals surface area contributed by atoms with Gasteiger partial charge >= 0.3 is 0 Å². The third-order valence-corrected chi connectivity index (χ3v) is 2.64. The summed E-state index contributed by atoms with van der Waals surface area (Å²) >= 11 is 0. The maximum Gasteiger partial charge on any atom is 0.135 e. The molecule has 0 atom stereocenters. The Bertz CT molecular complexity index is 351. The summed E-state index contributed by atoms with van der Waals surface area (Å²) < 4.78 is 10.5. The lowest BCUT2D eigenvalue weighted by molar-refractivity contribution is 0.109. The van der Waals surface area contributed by atoms with Gasteiger partial charge in [-0.15, -0.1) is 0 Å². The molecule has 0 saturated carbocycles. The van der Waals surface area contributed by atoms with Crippen molar-refractivity contribution in [3.8, 4) is 0 Å². The van der Waals surface area contributed by atoms with Crippen LogP contribution < -0.4 is 5.32 Å². The van der Waals surface area contributed by atoms with Crippen molar-refractivity contribution in [2.75, 3.05) is 32.7 Å². The van der Waals surface area contributed by atoms with Gasteiger partial charge in [0.2, 0.25) is 0 Å². The van der Waals surface area contributed by atoms with Gasteiger partial charge in [0.15, 0.2) is 0 Å². The van der Waals surface area contributed by atoms with Crippen LogP contribution in [0.25, 0.3) is 0 Å². The highest BCUT2D eigenvalue weighted by atomic mass is 16.5. The van der Waals surface area contributed by atoms with Crippen LogP contribution >= 0.6 is 0 Å². The zero-order chi connectivity index (χ0) is 11.4. The molecule has 0 saturated heterocycles. The molecule has 1 aromatic rings. The Balaban J connectivity index is 2.28. The van der Waals surface area contributed by atoms with Crippen molar-refractivity contribution in [3.05, 3.63) is 17.1 Å². The summed E-state index contributed by atoms with van der Waals surface area (Å²) in [7, 11) is 3.56. The average Bonchev–Trinajstić information content (AvgIpc) is 2.35. The molecule has 1 N–H and O–H groups in total. The van der Waals surface area contributed by atoms with Gasteiger partial charge in [0.1, 0.15) is 11.6 Å². The molecule has 0 spiro atoms. The maximum absolute atomic E-state index is 5.41. The Hall–Kier alpha value is -1.20.